The van der Waals surface area contributed by atoms with Gasteiger partial charge in [-0.05, 0) is 37.1 Å². The van der Waals surface area contributed by atoms with Gasteiger partial charge in [0.1, 0.15) is 5.75 Å². The van der Waals surface area contributed by atoms with Gasteiger partial charge < -0.3 is 24.2 Å². The van der Waals surface area contributed by atoms with Crippen molar-refractivity contribution in [3.05, 3.63) is 24.3 Å². The number of nitrogens with zero attached hydrogens (tertiary/aromatic N) is 3. The lowest BCUT2D eigenvalue weighted by Gasteiger charge is -2.30. The number of methoxy groups -OCH3 is 2. The third-order valence-electron chi connectivity index (χ3n) is 4.43. The first-order valence-corrected chi connectivity index (χ1v) is 8.71. The number of nitrogens with one attached hydrogen (secondary N) is 1. The fourth-order valence-corrected chi connectivity index (χ4v) is 2.99. The summed E-state index contributed by atoms with van der Waals surface area (Å²) >= 11 is 0. The second kappa shape index (κ2) is 8.66. The van der Waals surface area contributed by atoms with E-state index in [1.165, 1.54) is 0 Å². The summed E-state index contributed by atoms with van der Waals surface area (Å²) in [5.41, 5.74) is 0.853. The number of hydrogen-bond acceptors (Lipinski definition) is 7. The fraction of sp³-hybridized carbons (Fsp3) is 0.500. The van der Waals surface area contributed by atoms with Crippen LogP contribution in [0.15, 0.2) is 28.8 Å². The van der Waals surface area contributed by atoms with Gasteiger partial charge in [0.2, 0.25) is 11.7 Å². The number of benzene rings is 1. The van der Waals surface area contributed by atoms with Crippen molar-refractivity contribution in [2.75, 3.05) is 45.4 Å². The minimum absolute atomic E-state index is 0.0432. The Bertz CT molecular complexity index is 716. The zero-order valence-electron chi connectivity index (χ0n) is 15.1. The minimum atomic E-state index is -0.0862. The molecule has 0 unspecified atom stereocenters. The summed E-state index contributed by atoms with van der Waals surface area (Å²) in [7, 11) is 3.24. The van der Waals surface area contributed by atoms with Gasteiger partial charge in [-0.3, -0.25) is 4.79 Å². The van der Waals surface area contributed by atoms with Crippen molar-refractivity contribution in [3.63, 3.8) is 0 Å². The summed E-state index contributed by atoms with van der Waals surface area (Å²) in [5, 5.41) is 6.96. The van der Waals surface area contributed by atoms with E-state index in [9.17, 15) is 4.79 Å². The van der Waals surface area contributed by atoms with Crippen molar-refractivity contribution in [2.45, 2.75) is 12.8 Å². The lowest BCUT2D eigenvalue weighted by molar-refractivity contribution is -0.125. The third-order valence-corrected chi connectivity index (χ3v) is 4.43. The molecule has 1 aliphatic heterocycles. The van der Waals surface area contributed by atoms with Crippen LogP contribution in [-0.4, -0.2) is 56.5 Å². The molecule has 1 aliphatic rings. The van der Waals surface area contributed by atoms with Gasteiger partial charge >= 0.3 is 6.01 Å². The molecular weight excluding hydrogens is 336 g/mol. The first-order valence-electron chi connectivity index (χ1n) is 8.71. The van der Waals surface area contributed by atoms with E-state index < -0.39 is 0 Å². The molecule has 8 nitrogen and oxygen atoms in total. The SMILES string of the molecule is COCCNC(=O)[C@H]1CCCN(c2nc(-c3ccc(OC)cc3)no2)C1. The van der Waals surface area contributed by atoms with E-state index in [4.69, 9.17) is 14.0 Å². The molecule has 1 amide bonds. The molecule has 0 spiro atoms. The van der Waals surface area contributed by atoms with Gasteiger partial charge in [0.05, 0.1) is 19.6 Å². The number of amides is 1. The van der Waals surface area contributed by atoms with E-state index in [-0.39, 0.29) is 11.8 Å². The summed E-state index contributed by atoms with van der Waals surface area (Å²) < 4.78 is 15.5. The van der Waals surface area contributed by atoms with Crippen LogP contribution in [0.1, 0.15) is 12.8 Å². The Balaban J connectivity index is 1.63. The second-order valence-electron chi connectivity index (χ2n) is 6.20. The molecule has 0 aliphatic carbocycles. The van der Waals surface area contributed by atoms with Gasteiger partial charge in [-0.15, -0.1) is 0 Å². The molecule has 1 aromatic heterocycles. The van der Waals surface area contributed by atoms with E-state index >= 15 is 0 Å². The van der Waals surface area contributed by atoms with Crippen molar-refractivity contribution >= 4 is 11.9 Å². The molecule has 0 radical (unpaired) electrons. The largest absolute Gasteiger partial charge is 0.497 e. The fourth-order valence-electron chi connectivity index (χ4n) is 2.99. The van der Waals surface area contributed by atoms with Crippen LogP contribution in [0.25, 0.3) is 11.4 Å². The smallest absolute Gasteiger partial charge is 0.324 e. The predicted octanol–water partition coefficient (Wildman–Crippen LogP) is 1.72. The van der Waals surface area contributed by atoms with Crippen molar-refractivity contribution < 1.29 is 18.8 Å². The average Bonchev–Trinajstić information content (AvgIpc) is 3.18. The van der Waals surface area contributed by atoms with E-state index in [1.807, 2.05) is 29.2 Å². The Morgan fingerprint density at radius 1 is 1.35 bits per heavy atom. The quantitative estimate of drug-likeness (QED) is 0.752. The first-order chi connectivity index (χ1) is 12.7. The molecule has 0 bridgehead atoms. The highest BCUT2D eigenvalue weighted by molar-refractivity contribution is 5.79. The summed E-state index contributed by atoms with van der Waals surface area (Å²) in [5.74, 6) is 1.25. The number of aromatic nitrogens is 2. The highest BCUT2D eigenvalue weighted by Crippen LogP contribution is 2.25. The van der Waals surface area contributed by atoms with Crippen LogP contribution in [0.3, 0.4) is 0 Å². The molecule has 0 saturated carbocycles. The molecule has 26 heavy (non-hydrogen) atoms. The zero-order valence-corrected chi connectivity index (χ0v) is 15.1. The molecule has 8 heteroatoms. The van der Waals surface area contributed by atoms with E-state index in [1.54, 1.807) is 14.2 Å². The van der Waals surface area contributed by atoms with Crippen molar-refractivity contribution in [1.82, 2.24) is 15.5 Å². The van der Waals surface area contributed by atoms with E-state index in [2.05, 4.69) is 15.5 Å². The standard InChI is InChI=1S/C18H24N4O4/c1-24-11-9-19-17(23)14-4-3-10-22(12-14)18-20-16(21-26-18)13-5-7-15(25-2)8-6-13/h5-8,14H,3-4,9-12H2,1-2H3,(H,19,23)/t14-/m0/s1. The number of rotatable bonds is 7. The Kier molecular flexibility index (Phi) is 6.06. The van der Waals surface area contributed by atoms with Crippen molar-refractivity contribution in [3.8, 4) is 17.1 Å². The maximum atomic E-state index is 12.3. The highest BCUT2D eigenvalue weighted by atomic mass is 16.5. The highest BCUT2D eigenvalue weighted by Gasteiger charge is 2.28. The molecule has 1 fully saturated rings. The maximum Gasteiger partial charge on any atom is 0.324 e. The molecule has 2 heterocycles. The third kappa shape index (κ3) is 4.32. The zero-order chi connectivity index (χ0) is 18.4. The molecule has 1 aromatic carbocycles. The van der Waals surface area contributed by atoms with Crippen molar-refractivity contribution in [2.24, 2.45) is 5.92 Å². The Morgan fingerprint density at radius 2 is 2.15 bits per heavy atom. The molecule has 1 saturated heterocycles. The number of piperidine rings is 1. The number of hydrogen-bond donors (Lipinski definition) is 1. The summed E-state index contributed by atoms with van der Waals surface area (Å²) in [6.07, 6.45) is 1.76. The van der Waals surface area contributed by atoms with Gasteiger partial charge in [-0.25, -0.2) is 0 Å². The molecule has 1 atom stereocenters. The topological polar surface area (TPSA) is 89.7 Å². The Morgan fingerprint density at radius 3 is 2.88 bits per heavy atom. The van der Waals surface area contributed by atoms with Gasteiger partial charge in [0.25, 0.3) is 0 Å². The van der Waals surface area contributed by atoms with Gasteiger partial charge in [-0.1, -0.05) is 5.16 Å². The number of carbonyl (C=O) groups excluding carboxylic acids is 1. The maximum absolute atomic E-state index is 12.3. The summed E-state index contributed by atoms with van der Waals surface area (Å²) in [4.78, 5) is 18.7. The summed E-state index contributed by atoms with van der Waals surface area (Å²) in [6.45, 7) is 2.40. The van der Waals surface area contributed by atoms with Crippen LogP contribution in [0.2, 0.25) is 0 Å². The molecule has 2 aromatic rings. The second-order valence-corrected chi connectivity index (χ2v) is 6.20. The monoisotopic (exact) mass is 360 g/mol. The van der Waals surface area contributed by atoms with Crippen LogP contribution in [-0.2, 0) is 9.53 Å². The van der Waals surface area contributed by atoms with Crippen molar-refractivity contribution in [1.29, 1.82) is 0 Å². The normalized spacial score (nSPS) is 17.2. The van der Waals surface area contributed by atoms with E-state index in [0.29, 0.717) is 31.5 Å². The number of carbonyl (C=O) groups is 1. The van der Waals surface area contributed by atoms with Gasteiger partial charge in [-0.2, -0.15) is 4.98 Å². The van der Waals surface area contributed by atoms with Gasteiger partial charge in [0, 0.05) is 32.3 Å². The molecular formula is C18H24N4O4. The van der Waals surface area contributed by atoms with Crippen LogP contribution in [0.4, 0.5) is 6.01 Å². The molecule has 3 rings (SSSR count). The molecule has 1 N–H and O–H groups in total. The lowest BCUT2D eigenvalue weighted by Crippen LogP contribution is -2.43. The average molecular weight is 360 g/mol. The Labute approximate surface area is 152 Å². The predicted molar refractivity (Wildman–Crippen MR) is 96.1 cm³/mol. The molecule has 140 valence electrons. The number of anilines is 1. The van der Waals surface area contributed by atoms with Crippen LogP contribution in [0.5, 0.6) is 5.75 Å². The van der Waals surface area contributed by atoms with Crippen LogP contribution >= 0.6 is 0 Å². The van der Waals surface area contributed by atoms with Crippen LogP contribution in [0, 0.1) is 5.92 Å². The Hall–Kier alpha value is -2.61. The number of ether oxygens (including phenoxy) is 2. The summed E-state index contributed by atoms with van der Waals surface area (Å²) in [6, 6.07) is 7.93. The van der Waals surface area contributed by atoms with Crippen LogP contribution < -0.4 is 15.0 Å². The lowest BCUT2D eigenvalue weighted by atomic mass is 9.97. The minimum Gasteiger partial charge on any atom is -0.497 e. The first kappa shape index (κ1) is 18.2. The van der Waals surface area contributed by atoms with Gasteiger partial charge in [0.15, 0.2) is 0 Å². The van der Waals surface area contributed by atoms with E-state index in [0.717, 1.165) is 30.7 Å².